The molecule has 0 aromatic rings. The van der Waals surface area contributed by atoms with Crippen LogP contribution in [0.3, 0.4) is 0 Å². The van der Waals surface area contributed by atoms with Gasteiger partial charge in [0.1, 0.15) is 0 Å². The van der Waals surface area contributed by atoms with Crippen molar-refractivity contribution in [1.29, 1.82) is 0 Å². The van der Waals surface area contributed by atoms with E-state index in [1.165, 1.54) is 0 Å². The molecule has 0 aliphatic heterocycles. The van der Waals surface area contributed by atoms with E-state index in [0.29, 0.717) is 0 Å². The first kappa shape index (κ1) is 11.9. The summed E-state index contributed by atoms with van der Waals surface area (Å²) in [7, 11) is -3.80. The molecular formula is C2H6AgClO3P. The largest absolute Gasteiger partial charge is 0.326 e. The molecule has 0 saturated heterocycles. The van der Waals surface area contributed by atoms with Gasteiger partial charge >= 0.3 is 7.60 Å². The fourth-order valence-corrected chi connectivity index (χ4v) is 0.991. The summed E-state index contributed by atoms with van der Waals surface area (Å²) >= 11 is 4.99. The molecule has 0 heterocycles. The van der Waals surface area contributed by atoms with Crippen molar-refractivity contribution in [3.63, 3.8) is 0 Å². The van der Waals surface area contributed by atoms with Gasteiger partial charge in [-0.05, 0) is 0 Å². The van der Waals surface area contributed by atoms with Gasteiger partial charge in [0.25, 0.3) is 0 Å². The molecule has 2 N–H and O–H groups in total. The van der Waals surface area contributed by atoms with Gasteiger partial charge in [-0.15, -0.1) is 11.6 Å². The van der Waals surface area contributed by atoms with Crippen LogP contribution in [0.5, 0.6) is 0 Å². The molecule has 8 heavy (non-hydrogen) atoms. The maximum atomic E-state index is 9.84. The van der Waals surface area contributed by atoms with E-state index in [9.17, 15) is 4.57 Å². The Kier molecular flexibility index (Phi) is 7.45. The Labute approximate surface area is 68.1 Å². The van der Waals surface area contributed by atoms with Crippen molar-refractivity contribution in [1.82, 2.24) is 0 Å². The monoisotopic (exact) mass is 251 g/mol. The molecule has 0 unspecified atom stereocenters. The first-order valence-corrected chi connectivity index (χ1v) is 4.00. The first-order valence-electron chi connectivity index (χ1n) is 1.67. The van der Waals surface area contributed by atoms with Crippen LogP contribution in [0.25, 0.3) is 0 Å². The molecular weight excluding hydrogens is 246 g/mol. The molecule has 0 amide bonds. The van der Waals surface area contributed by atoms with E-state index >= 15 is 0 Å². The standard InChI is InChI=1S/C2H6ClO3P.Ag/c3-1-2-7(4,5)6;/h1-2H2,(H2,4,5,6);. The van der Waals surface area contributed by atoms with Gasteiger partial charge < -0.3 is 9.79 Å². The van der Waals surface area contributed by atoms with Crippen molar-refractivity contribution in [2.24, 2.45) is 0 Å². The van der Waals surface area contributed by atoms with Crippen molar-refractivity contribution in [2.75, 3.05) is 12.0 Å². The molecule has 0 fully saturated rings. The molecule has 0 aliphatic carbocycles. The minimum Gasteiger partial charge on any atom is -0.324 e. The Morgan fingerprint density at radius 1 is 1.50 bits per heavy atom. The predicted molar refractivity (Wildman–Crippen MR) is 27.6 cm³/mol. The normalized spacial score (nSPS) is 10.4. The van der Waals surface area contributed by atoms with Gasteiger partial charge in [-0.3, -0.25) is 4.57 Å². The topological polar surface area (TPSA) is 57.5 Å². The zero-order valence-corrected chi connectivity index (χ0v) is 6.98. The quantitative estimate of drug-likeness (QED) is 0.425. The Bertz CT molecular complexity index is 91.3. The van der Waals surface area contributed by atoms with Gasteiger partial charge in [-0.25, -0.2) is 0 Å². The van der Waals surface area contributed by atoms with Crippen molar-refractivity contribution >= 4 is 19.2 Å². The molecule has 6 heteroatoms. The number of hydrogen-bond acceptors (Lipinski definition) is 1. The van der Waals surface area contributed by atoms with Crippen LogP contribution in [0, 0.1) is 0 Å². The van der Waals surface area contributed by atoms with Gasteiger partial charge in [0.2, 0.25) is 0 Å². The summed E-state index contributed by atoms with van der Waals surface area (Å²) in [6.07, 6.45) is -0.228. The Morgan fingerprint density at radius 3 is 1.88 bits per heavy atom. The predicted octanol–water partition coefficient (Wildman–Crippen LogP) is 0.400. The second-order valence-corrected chi connectivity index (χ2v) is 3.23. The molecule has 0 bridgehead atoms. The zero-order valence-electron chi connectivity index (χ0n) is 3.84. The van der Waals surface area contributed by atoms with Crippen molar-refractivity contribution < 1.29 is 36.7 Å². The van der Waals surface area contributed by atoms with Crippen molar-refractivity contribution in [2.45, 2.75) is 0 Å². The number of rotatable bonds is 2. The van der Waals surface area contributed by atoms with Gasteiger partial charge in [-0.1, -0.05) is 0 Å². The first-order chi connectivity index (χ1) is 3.06. The molecule has 0 spiro atoms. The molecule has 0 aromatic heterocycles. The Hall–Kier alpha value is 1.18. The van der Waals surface area contributed by atoms with Crippen LogP contribution < -0.4 is 0 Å². The summed E-state index contributed by atoms with van der Waals surface area (Å²) in [6.45, 7) is 0. The summed E-state index contributed by atoms with van der Waals surface area (Å²) < 4.78 is 9.84. The molecule has 0 rings (SSSR count). The van der Waals surface area contributed by atoms with E-state index in [4.69, 9.17) is 21.4 Å². The zero-order chi connectivity index (χ0) is 5.91. The van der Waals surface area contributed by atoms with E-state index < -0.39 is 7.60 Å². The number of hydrogen-bond donors (Lipinski definition) is 2. The molecule has 1 radical (unpaired) electrons. The van der Waals surface area contributed by atoms with Crippen molar-refractivity contribution in [3.8, 4) is 0 Å². The SMILES string of the molecule is O=P(O)(O)CCCl.[Ag]. The second kappa shape index (κ2) is 5.00. The van der Waals surface area contributed by atoms with Gasteiger partial charge in [0.15, 0.2) is 0 Å². The summed E-state index contributed by atoms with van der Waals surface area (Å²) in [4.78, 5) is 16.1. The van der Waals surface area contributed by atoms with E-state index in [1.807, 2.05) is 0 Å². The van der Waals surface area contributed by atoms with Gasteiger partial charge in [0.05, 0.1) is 6.16 Å². The van der Waals surface area contributed by atoms with Crippen LogP contribution in [0.1, 0.15) is 0 Å². The summed E-state index contributed by atoms with van der Waals surface area (Å²) in [5.74, 6) is 0.0181. The minimum absolute atomic E-state index is 0. The van der Waals surface area contributed by atoms with Crippen LogP contribution in [0.2, 0.25) is 0 Å². The summed E-state index contributed by atoms with van der Waals surface area (Å²) in [6, 6.07) is 0. The Balaban J connectivity index is 0. The average Bonchev–Trinajstić information content (AvgIpc) is 1.30. The maximum absolute atomic E-state index is 9.84. The third-order valence-electron chi connectivity index (χ3n) is 0.376. The van der Waals surface area contributed by atoms with Crippen molar-refractivity contribution in [3.05, 3.63) is 0 Å². The molecule has 55 valence electrons. The third-order valence-corrected chi connectivity index (χ3v) is 1.63. The summed E-state index contributed by atoms with van der Waals surface area (Å²) in [5, 5.41) is 0. The number of alkyl halides is 1. The fourth-order valence-electron chi connectivity index (χ4n) is 0.110. The smallest absolute Gasteiger partial charge is 0.324 e. The van der Waals surface area contributed by atoms with Gasteiger partial charge in [0, 0.05) is 28.3 Å². The van der Waals surface area contributed by atoms with Crippen LogP contribution in [-0.2, 0) is 26.9 Å². The number of halogens is 1. The molecule has 3 nitrogen and oxygen atoms in total. The second-order valence-electron chi connectivity index (χ2n) is 1.08. The Morgan fingerprint density at radius 2 is 1.88 bits per heavy atom. The molecule has 0 aromatic carbocycles. The van der Waals surface area contributed by atoms with Gasteiger partial charge in [-0.2, -0.15) is 0 Å². The van der Waals surface area contributed by atoms with Crippen LogP contribution in [0.15, 0.2) is 0 Å². The molecule has 0 saturated carbocycles. The average molecular weight is 252 g/mol. The summed E-state index contributed by atoms with van der Waals surface area (Å²) in [5.41, 5.74) is 0. The fraction of sp³-hybridized carbons (Fsp3) is 1.00. The van der Waals surface area contributed by atoms with Crippen LogP contribution in [-0.4, -0.2) is 21.8 Å². The van der Waals surface area contributed by atoms with E-state index in [2.05, 4.69) is 0 Å². The van der Waals surface area contributed by atoms with E-state index in [-0.39, 0.29) is 34.4 Å². The molecule has 0 aliphatic rings. The molecule has 0 atom stereocenters. The maximum Gasteiger partial charge on any atom is 0.326 e. The minimum atomic E-state index is -3.80. The van der Waals surface area contributed by atoms with E-state index in [0.717, 1.165) is 0 Å². The van der Waals surface area contributed by atoms with Crippen LogP contribution >= 0.6 is 19.2 Å². The van der Waals surface area contributed by atoms with E-state index in [1.54, 1.807) is 0 Å². The third kappa shape index (κ3) is 10.2. The van der Waals surface area contributed by atoms with Crippen LogP contribution in [0.4, 0.5) is 0 Å².